The predicted octanol–water partition coefficient (Wildman–Crippen LogP) is 3.21. The van der Waals surface area contributed by atoms with E-state index in [1.807, 2.05) is 19.1 Å². The Hall–Kier alpha value is -1.06. The topological polar surface area (TPSA) is 38.5 Å². The van der Waals surface area contributed by atoms with Crippen LogP contribution in [0.2, 0.25) is 0 Å². The maximum Gasteiger partial charge on any atom is 0.119 e. The van der Waals surface area contributed by atoms with Crippen LogP contribution in [-0.2, 0) is 0 Å². The molecule has 1 rings (SSSR count). The van der Waals surface area contributed by atoms with E-state index in [-0.39, 0.29) is 6.04 Å². The normalized spacial score (nSPS) is 12.7. The molecule has 0 fully saturated rings. The van der Waals surface area contributed by atoms with Crippen LogP contribution in [-0.4, -0.2) is 31.6 Å². The summed E-state index contributed by atoms with van der Waals surface area (Å²) in [5.41, 5.74) is 7.19. The van der Waals surface area contributed by atoms with Crippen LogP contribution < -0.4 is 10.5 Å². The number of hydrogen-bond donors (Lipinski definition) is 1. The number of unbranched alkanes of at least 4 members (excludes halogenated alkanes) is 2. The smallest absolute Gasteiger partial charge is 0.119 e. The zero-order chi connectivity index (χ0) is 14.1. The third-order valence-corrected chi connectivity index (χ3v) is 3.42. The Morgan fingerprint density at radius 3 is 2.68 bits per heavy atom. The summed E-state index contributed by atoms with van der Waals surface area (Å²) in [7, 11) is 2.15. The van der Waals surface area contributed by atoms with E-state index in [1.54, 1.807) is 0 Å². The summed E-state index contributed by atoms with van der Waals surface area (Å²) in [6, 6.07) is 8.56. The Balaban J connectivity index is 2.69. The lowest BCUT2D eigenvalue weighted by atomic mass is 10.0. The lowest BCUT2D eigenvalue weighted by Crippen LogP contribution is -2.31. The molecule has 0 aliphatic rings. The number of ether oxygens (including phenoxy) is 1. The molecule has 0 saturated carbocycles. The van der Waals surface area contributed by atoms with E-state index in [9.17, 15) is 0 Å². The summed E-state index contributed by atoms with van der Waals surface area (Å²) in [5, 5.41) is 0. The number of likely N-dealkylation sites (N-methyl/N-ethyl adjacent to an activating group) is 1. The summed E-state index contributed by atoms with van der Waals surface area (Å²) in [6.45, 7) is 6.66. The van der Waals surface area contributed by atoms with Crippen LogP contribution >= 0.6 is 0 Å². The van der Waals surface area contributed by atoms with Crippen molar-refractivity contribution in [2.24, 2.45) is 5.73 Å². The first-order valence-electron chi connectivity index (χ1n) is 7.36. The van der Waals surface area contributed by atoms with Crippen molar-refractivity contribution in [2.45, 2.75) is 39.2 Å². The van der Waals surface area contributed by atoms with Crippen LogP contribution in [0, 0.1) is 0 Å². The van der Waals surface area contributed by atoms with Gasteiger partial charge in [-0.2, -0.15) is 0 Å². The molecule has 0 spiro atoms. The van der Waals surface area contributed by atoms with E-state index < -0.39 is 0 Å². The average Bonchev–Trinajstić information content (AvgIpc) is 2.41. The minimum atomic E-state index is 0.275. The third-order valence-electron chi connectivity index (χ3n) is 3.42. The maximum atomic E-state index is 5.95. The second-order valence-electron chi connectivity index (χ2n) is 4.94. The number of rotatable bonds is 9. The fourth-order valence-corrected chi connectivity index (χ4v) is 2.32. The first-order chi connectivity index (χ1) is 9.22. The van der Waals surface area contributed by atoms with Crippen molar-refractivity contribution in [1.29, 1.82) is 0 Å². The molecular formula is C16H28N2O. The monoisotopic (exact) mass is 264 g/mol. The average molecular weight is 264 g/mol. The highest BCUT2D eigenvalue weighted by Gasteiger charge is 2.15. The lowest BCUT2D eigenvalue weighted by molar-refractivity contribution is 0.244. The van der Waals surface area contributed by atoms with E-state index >= 15 is 0 Å². The van der Waals surface area contributed by atoms with Gasteiger partial charge in [0.15, 0.2) is 0 Å². The van der Waals surface area contributed by atoms with Crippen molar-refractivity contribution in [3.63, 3.8) is 0 Å². The number of nitrogens with two attached hydrogens (primary N) is 1. The van der Waals surface area contributed by atoms with Crippen LogP contribution in [0.15, 0.2) is 24.3 Å². The van der Waals surface area contributed by atoms with Gasteiger partial charge in [0.1, 0.15) is 5.75 Å². The van der Waals surface area contributed by atoms with Crippen LogP contribution in [0.3, 0.4) is 0 Å². The fourth-order valence-electron chi connectivity index (χ4n) is 2.32. The molecule has 0 heterocycles. The quantitative estimate of drug-likeness (QED) is 0.696. The van der Waals surface area contributed by atoms with Crippen molar-refractivity contribution < 1.29 is 4.74 Å². The molecule has 108 valence electrons. The Morgan fingerprint density at radius 2 is 2.05 bits per heavy atom. The van der Waals surface area contributed by atoms with Crippen molar-refractivity contribution >= 4 is 0 Å². The zero-order valence-corrected chi connectivity index (χ0v) is 12.6. The highest BCUT2D eigenvalue weighted by molar-refractivity contribution is 5.30. The van der Waals surface area contributed by atoms with Crippen molar-refractivity contribution in [3.05, 3.63) is 29.8 Å². The van der Waals surface area contributed by atoms with E-state index in [2.05, 4.69) is 31.0 Å². The summed E-state index contributed by atoms with van der Waals surface area (Å²) >= 11 is 0. The molecular weight excluding hydrogens is 236 g/mol. The van der Waals surface area contributed by atoms with Crippen LogP contribution in [0.25, 0.3) is 0 Å². The molecule has 1 unspecified atom stereocenters. The summed E-state index contributed by atoms with van der Waals surface area (Å²) in [4.78, 5) is 2.35. The molecule has 0 saturated heterocycles. The van der Waals surface area contributed by atoms with Gasteiger partial charge in [-0.15, -0.1) is 0 Å². The van der Waals surface area contributed by atoms with Gasteiger partial charge >= 0.3 is 0 Å². The third kappa shape index (κ3) is 5.21. The van der Waals surface area contributed by atoms with Crippen LogP contribution in [0.4, 0.5) is 0 Å². The van der Waals surface area contributed by atoms with Crippen molar-refractivity contribution in [1.82, 2.24) is 4.90 Å². The van der Waals surface area contributed by atoms with E-state index in [0.29, 0.717) is 13.2 Å². The van der Waals surface area contributed by atoms with Gasteiger partial charge < -0.3 is 10.5 Å². The van der Waals surface area contributed by atoms with Gasteiger partial charge in [-0.25, -0.2) is 0 Å². The van der Waals surface area contributed by atoms with Gasteiger partial charge in [0, 0.05) is 12.6 Å². The Labute approximate surface area is 117 Å². The Bertz CT molecular complexity index is 354. The molecule has 0 aliphatic heterocycles. The number of benzene rings is 1. The lowest BCUT2D eigenvalue weighted by Gasteiger charge is -2.27. The van der Waals surface area contributed by atoms with Gasteiger partial charge in [0.05, 0.1) is 6.61 Å². The molecule has 3 nitrogen and oxygen atoms in total. The van der Waals surface area contributed by atoms with Crippen LogP contribution in [0.5, 0.6) is 5.75 Å². The van der Waals surface area contributed by atoms with Gasteiger partial charge in [0.25, 0.3) is 0 Å². The Morgan fingerprint density at radius 1 is 1.26 bits per heavy atom. The zero-order valence-electron chi connectivity index (χ0n) is 12.6. The summed E-state index contributed by atoms with van der Waals surface area (Å²) in [5.74, 6) is 0.931. The second-order valence-corrected chi connectivity index (χ2v) is 4.94. The van der Waals surface area contributed by atoms with E-state index in [1.165, 1.54) is 24.8 Å². The number of nitrogens with zero attached hydrogens (tertiary/aromatic N) is 1. The molecule has 0 amide bonds. The molecule has 0 aliphatic carbocycles. The largest absolute Gasteiger partial charge is 0.494 e. The SMILES string of the molecule is CCCCCN(C)C(CN)c1cccc(OCC)c1. The van der Waals surface area contributed by atoms with Crippen molar-refractivity contribution in [3.8, 4) is 5.75 Å². The van der Waals surface area contributed by atoms with Gasteiger partial charge in [-0.3, -0.25) is 4.90 Å². The molecule has 2 N–H and O–H groups in total. The standard InChI is InChI=1S/C16H28N2O/c1-4-6-7-11-18(3)16(13-17)14-9-8-10-15(12-14)19-5-2/h8-10,12,16H,4-7,11,13,17H2,1-3H3. The maximum absolute atomic E-state index is 5.95. The van der Waals surface area contributed by atoms with Gasteiger partial charge in [-0.1, -0.05) is 31.9 Å². The van der Waals surface area contributed by atoms with Gasteiger partial charge in [-0.05, 0) is 44.6 Å². The molecule has 1 aromatic rings. The fraction of sp³-hybridized carbons (Fsp3) is 0.625. The first kappa shape index (κ1) is 16.0. The predicted molar refractivity (Wildman–Crippen MR) is 81.6 cm³/mol. The molecule has 19 heavy (non-hydrogen) atoms. The molecule has 1 aromatic carbocycles. The molecule has 0 bridgehead atoms. The summed E-state index contributed by atoms with van der Waals surface area (Å²) < 4.78 is 5.56. The van der Waals surface area contributed by atoms with E-state index in [0.717, 1.165) is 12.3 Å². The highest BCUT2D eigenvalue weighted by atomic mass is 16.5. The first-order valence-corrected chi connectivity index (χ1v) is 7.36. The summed E-state index contributed by atoms with van der Waals surface area (Å²) in [6.07, 6.45) is 3.76. The molecule has 0 radical (unpaired) electrons. The minimum Gasteiger partial charge on any atom is -0.494 e. The number of hydrogen-bond acceptors (Lipinski definition) is 3. The van der Waals surface area contributed by atoms with Gasteiger partial charge in [0.2, 0.25) is 0 Å². The van der Waals surface area contributed by atoms with Crippen LogP contribution in [0.1, 0.15) is 44.7 Å². The molecule has 3 heteroatoms. The molecule has 0 aromatic heterocycles. The minimum absolute atomic E-state index is 0.275. The second kappa shape index (κ2) is 8.94. The van der Waals surface area contributed by atoms with Crippen molar-refractivity contribution in [2.75, 3.05) is 26.7 Å². The molecule has 1 atom stereocenters. The highest BCUT2D eigenvalue weighted by Crippen LogP contribution is 2.23. The van der Waals surface area contributed by atoms with E-state index in [4.69, 9.17) is 10.5 Å². The Kier molecular flexibility index (Phi) is 7.53.